The molecule has 1 amide bonds. The summed E-state index contributed by atoms with van der Waals surface area (Å²) in [4.78, 5) is 18.9. The molecule has 2 fully saturated rings. The van der Waals surface area contributed by atoms with E-state index in [0.717, 1.165) is 5.56 Å². The van der Waals surface area contributed by atoms with Crippen molar-refractivity contribution in [2.75, 3.05) is 26.3 Å². The number of furan rings is 1. The highest BCUT2D eigenvalue weighted by Gasteiger charge is 2.45. The van der Waals surface area contributed by atoms with Crippen LogP contribution >= 0.6 is 0 Å². The molecule has 3 atom stereocenters. The number of rotatable bonds is 2. The lowest BCUT2D eigenvalue weighted by molar-refractivity contribution is 0.00992. The third kappa shape index (κ3) is 2.45. The molecule has 2 aromatic heterocycles. The summed E-state index contributed by atoms with van der Waals surface area (Å²) < 4.78 is 16.4. The van der Waals surface area contributed by atoms with Crippen LogP contribution in [0.2, 0.25) is 0 Å². The SMILES string of the molecule is Cc1noc([C@H]2COC[C@H]3CN(C(=O)c4occc4C)C[C@H]32)n1. The van der Waals surface area contributed by atoms with Crippen molar-refractivity contribution in [3.05, 3.63) is 35.4 Å². The van der Waals surface area contributed by atoms with Crippen LogP contribution in [0.5, 0.6) is 0 Å². The molecular weight excluding hydrogens is 298 g/mol. The van der Waals surface area contributed by atoms with Gasteiger partial charge in [0.25, 0.3) is 5.91 Å². The van der Waals surface area contributed by atoms with E-state index in [9.17, 15) is 4.79 Å². The van der Waals surface area contributed by atoms with Gasteiger partial charge in [0.05, 0.1) is 25.4 Å². The van der Waals surface area contributed by atoms with Gasteiger partial charge >= 0.3 is 0 Å². The minimum Gasteiger partial charge on any atom is -0.459 e. The number of carbonyl (C=O) groups excluding carboxylic acids is 1. The molecule has 2 aliphatic heterocycles. The molecule has 0 bridgehead atoms. The zero-order chi connectivity index (χ0) is 16.0. The normalized spacial score (nSPS) is 27.2. The Hall–Kier alpha value is -2.15. The summed E-state index contributed by atoms with van der Waals surface area (Å²) in [7, 11) is 0. The Bertz CT molecular complexity index is 722. The molecule has 7 nitrogen and oxygen atoms in total. The van der Waals surface area contributed by atoms with Crippen molar-refractivity contribution in [1.82, 2.24) is 15.0 Å². The van der Waals surface area contributed by atoms with Gasteiger partial charge in [-0.15, -0.1) is 0 Å². The summed E-state index contributed by atoms with van der Waals surface area (Å²) in [5, 5.41) is 3.88. The fourth-order valence-corrected chi connectivity index (χ4v) is 3.62. The van der Waals surface area contributed by atoms with E-state index in [4.69, 9.17) is 13.7 Å². The van der Waals surface area contributed by atoms with Crippen molar-refractivity contribution in [1.29, 1.82) is 0 Å². The van der Waals surface area contributed by atoms with E-state index in [-0.39, 0.29) is 17.7 Å². The minimum atomic E-state index is -0.0534. The van der Waals surface area contributed by atoms with E-state index < -0.39 is 0 Å². The maximum atomic E-state index is 12.7. The van der Waals surface area contributed by atoms with Crippen LogP contribution in [0.15, 0.2) is 21.3 Å². The van der Waals surface area contributed by atoms with Crippen molar-refractivity contribution in [3.8, 4) is 0 Å². The molecule has 23 heavy (non-hydrogen) atoms. The quantitative estimate of drug-likeness (QED) is 0.840. The van der Waals surface area contributed by atoms with Crippen molar-refractivity contribution in [2.24, 2.45) is 11.8 Å². The van der Waals surface area contributed by atoms with Crippen LogP contribution in [0.4, 0.5) is 0 Å². The maximum absolute atomic E-state index is 12.7. The number of carbonyl (C=O) groups is 1. The van der Waals surface area contributed by atoms with Crippen LogP contribution in [0.1, 0.15) is 33.8 Å². The first kappa shape index (κ1) is 14.4. The summed E-state index contributed by atoms with van der Waals surface area (Å²) in [6, 6.07) is 1.81. The van der Waals surface area contributed by atoms with Crippen molar-refractivity contribution >= 4 is 5.91 Å². The van der Waals surface area contributed by atoms with Crippen molar-refractivity contribution in [3.63, 3.8) is 0 Å². The van der Waals surface area contributed by atoms with E-state index >= 15 is 0 Å². The minimum absolute atomic E-state index is 0.0467. The second-order valence-electron chi connectivity index (χ2n) is 6.39. The number of amides is 1. The molecule has 2 aliphatic rings. The third-order valence-electron chi connectivity index (χ3n) is 4.84. The van der Waals surface area contributed by atoms with Crippen molar-refractivity contribution < 1.29 is 18.5 Å². The molecule has 0 radical (unpaired) electrons. The Kier molecular flexibility index (Phi) is 3.45. The Balaban J connectivity index is 1.55. The summed E-state index contributed by atoms with van der Waals surface area (Å²) in [5.41, 5.74) is 0.866. The van der Waals surface area contributed by atoms with Crippen LogP contribution in [0.25, 0.3) is 0 Å². The van der Waals surface area contributed by atoms with Gasteiger partial charge in [0.15, 0.2) is 11.6 Å². The Labute approximate surface area is 133 Å². The number of aryl methyl sites for hydroxylation is 2. The van der Waals surface area contributed by atoms with Crippen LogP contribution < -0.4 is 0 Å². The first-order chi connectivity index (χ1) is 11.1. The number of nitrogens with zero attached hydrogens (tertiary/aromatic N) is 3. The third-order valence-corrected chi connectivity index (χ3v) is 4.84. The average molecular weight is 317 g/mol. The Morgan fingerprint density at radius 2 is 2.17 bits per heavy atom. The fraction of sp³-hybridized carbons (Fsp3) is 0.562. The van der Waals surface area contributed by atoms with E-state index in [0.29, 0.717) is 49.7 Å². The van der Waals surface area contributed by atoms with Gasteiger partial charge in [-0.25, -0.2) is 0 Å². The van der Waals surface area contributed by atoms with Gasteiger partial charge in [0.2, 0.25) is 5.89 Å². The molecule has 0 N–H and O–H groups in total. The van der Waals surface area contributed by atoms with Gasteiger partial charge in [-0.2, -0.15) is 4.98 Å². The number of ether oxygens (including phenoxy) is 1. The molecule has 7 heteroatoms. The number of aromatic nitrogens is 2. The molecule has 4 rings (SSSR count). The van der Waals surface area contributed by atoms with E-state index in [1.807, 2.05) is 17.9 Å². The molecule has 0 saturated carbocycles. The van der Waals surface area contributed by atoms with Crippen LogP contribution in [-0.2, 0) is 4.74 Å². The first-order valence-electron chi connectivity index (χ1n) is 7.85. The van der Waals surface area contributed by atoms with Crippen LogP contribution in [-0.4, -0.2) is 47.3 Å². The molecule has 122 valence electrons. The Morgan fingerprint density at radius 3 is 2.87 bits per heavy atom. The van der Waals surface area contributed by atoms with Gasteiger partial charge in [0.1, 0.15) is 0 Å². The molecule has 4 heterocycles. The highest BCUT2D eigenvalue weighted by molar-refractivity contribution is 5.93. The topological polar surface area (TPSA) is 81.6 Å². The predicted octanol–water partition coefficient (Wildman–Crippen LogP) is 1.78. The van der Waals surface area contributed by atoms with E-state index in [1.165, 1.54) is 0 Å². The van der Waals surface area contributed by atoms with Gasteiger partial charge in [-0.1, -0.05) is 5.16 Å². The van der Waals surface area contributed by atoms with Crippen molar-refractivity contribution in [2.45, 2.75) is 19.8 Å². The lowest BCUT2D eigenvalue weighted by Gasteiger charge is -2.30. The summed E-state index contributed by atoms with van der Waals surface area (Å²) in [6.07, 6.45) is 1.55. The molecule has 0 spiro atoms. The second kappa shape index (κ2) is 5.49. The number of likely N-dealkylation sites (tertiary alicyclic amines) is 1. The van der Waals surface area contributed by atoms with Gasteiger partial charge in [-0.3, -0.25) is 4.79 Å². The summed E-state index contributed by atoms with van der Waals surface area (Å²) in [5.74, 6) is 2.23. The number of fused-ring (bicyclic) bond motifs is 1. The standard InChI is InChI=1S/C16H19N3O4/c1-9-3-4-22-14(9)16(20)19-5-11-7-21-8-13(12(11)6-19)15-17-10(2)18-23-15/h3-4,11-13H,5-8H2,1-2H3/t11-,12-,13+/m1/s1. The van der Waals surface area contributed by atoms with Crippen LogP contribution in [0.3, 0.4) is 0 Å². The highest BCUT2D eigenvalue weighted by atomic mass is 16.5. The monoisotopic (exact) mass is 317 g/mol. The smallest absolute Gasteiger partial charge is 0.289 e. The Morgan fingerprint density at radius 1 is 1.30 bits per heavy atom. The van der Waals surface area contributed by atoms with Gasteiger partial charge < -0.3 is 18.6 Å². The number of hydrogen-bond acceptors (Lipinski definition) is 6. The molecule has 0 aliphatic carbocycles. The van der Waals surface area contributed by atoms with Gasteiger partial charge in [-0.05, 0) is 25.8 Å². The fourth-order valence-electron chi connectivity index (χ4n) is 3.62. The van der Waals surface area contributed by atoms with E-state index in [2.05, 4.69) is 10.1 Å². The second-order valence-corrected chi connectivity index (χ2v) is 6.39. The summed E-state index contributed by atoms with van der Waals surface area (Å²) in [6.45, 7) is 6.25. The molecule has 0 unspecified atom stereocenters. The van der Waals surface area contributed by atoms with E-state index in [1.54, 1.807) is 13.2 Å². The lowest BCUT2D eigenvalue weighted by atomic mass is 9.83. The maximum Gasteiger partial charge on any atom is 0.289 e. The van der Waals surface area contributed by atoms with Gasteiger partial charge in [0, 0.05) is 24.6 Å². The average Bonchev–Trinajstić information content (AvgIpc) is 3.25. The zero-order valence-electron chi connectivity index (χ0n) is 13.2. The first-order valence-corrected chi connectivity index (χ1v) is 7.85. The zero-order valence-corrected chi connectivity index (χ0v) is 13.2. The lowest BCUT2D eigenvalue weighted by Crippen LogP contribution is -2.33. The molecule has 2 saturated heterocycles. The van der Waals surface area contributed by atoms with Crippen LogP contribution in [0, 0.1) is 25.7 Å². The molecular formula is C16H19N3O4. The molecule has 0 aromatic carbocycles. The summed E-state index contributed by atoms with van der Waals surface area (Å²) >= 11 is 0. The predicted molar refractivity (Wildman–Crippen MR) is 78.9 cm³/mol. The molecule has 2 aromatic rings. The number of hydrogen-bond donors (Lipinski definition) is 0. The largest absolute Gasteiger partial charge is 0.459 e. The highest BCUT2D eigenvalue weighted by Crippen LogP contribution is 2.39.